The van der Waals surface area contributed by atoms with Crippen LogP contribution in [0.15, 0.2) is 24.3 Å². The number of carbonyl (C=O) groups is 1. The summed E-state index contributed by atoms with van der Waals surface area (Å²) in [6.45, 7) is 2.45. The maximum atomic E-state index is 11.9. The largest absolute Gasteiger partial charge is 0.389 e. The van der Waals surface area contributed by atoms with Crippen LogP contribution in [0.4, 0.5) is 0 Å². The first-order chi connectivity index (χ1) is 9.06. The Labute approximate surface area is 118 Å². The van der Waals surface area contributed by atoms with E-state index < -0.39 is 0 Å². The minimum Gasteiger partial charge on any atom is -0.389 e. The predicted octanol–water partition coefficient (Wildman–Crippen LogP) is 1.50. The van der Waals surface area contributed by atoms with Gasteiger partial charge in [0.2, 0.25) is 5.91 Å². The van der Waals surface area contributed by atoms with Crippen molar-refractivity contribution in [2.75, 3.05) is 0 Å². The molecule has 2 rings (SSSR count). The quantitative estimate of drug-likeness (QED) is 0.819. The second kappa shape index (κ2) is 6.12. The van der Waals surface area contributed by atoms with Gasteiger partial charge in [0.25, 0.3) is 0 Å². The normalized spacial score (nSPS) is 22.2. The minimum absolute atomic E-state index is 0.0509. The van der Waals surface area contributed by atoms with Crippen molar-refractivity contribution in [2.45, 2.75) is 38.5 Å². The Morgan fingerprint density at radius 2 is 2.32 bits per heavy atom. The van der Waals surface area contributed by atoms with Crippen LogP contribution in [-0.4, -0.2) is 23.1 Å². The molecule has 4 nitrogen and oxygen atoms in total. The van der Waals surface area contributed by atoms with Crippen molar-refractivity contribution >= 4 is 23.1 Å². The molecule has 1 fully saturated rings. The van der Waals surface area contributed by atoms with Gasteiger partial charge in [0.1, 0.15) is 11.1 Å². The summed E-state index contributed by atoms with van der Waals surface area (Å²) in [4.78, 5) is 12.3. The fourth-order valence-corrected chi connectivity index (χ4v) is 2.26. The zero-order valence-corrected chi connectivity index (χ0v) is 11.7. The number of benzene rings is 1. The van der Waals surface area contributed by atoms with Gasteiger partial charge >= 0.3 is 0 Å². The van der Waals surface area contributed by atoms with E-state index in [-0.39, 0.29) is 18.1 Å². The van der Waals surface area contributed by atoms with Crippen LogP contribution in [0.5, 0.6) is 0 Å². The van der Waals surface area contributed by atoms with E-state index in [9.17, 15) is 4.79 Å². The van der Waals surface area contributed by atoms with Crippen molar-refractivity contribution in [3.8, 4) is 0 Å². The molecule has 1 aromatic carbocycles. The standard InChI is InChI=1S/C14H18N2O2S/c1-9-5-6-12(18-9)14(17)16-8-10-3-2-4-11(7-10)13(15)19/h2-4,7,9,12H,5-6,8H2,1H3,(H2,15,19)(H,16,17). The highest BCUT2D eigenvalue weighted by molar-refractivity contribution is 7.80. The predicted molar refractivity (Wildman–Crippen MR) is 77.7 cm³/mol. The number of rotatable bonds is 4. The van der Waals surface area contributed by atoms with Gasteiger partial charge < -0.3 is 15.8 Å². The van der Waals surface area contributed by atoms with Gasteiger partial charge in [-0.25, -0.2) is 0 Å². The van der Waals surface area contributed by atoms with E-state index in [2.05, 4.69) is 5.32 Å². The smallest absolute Gasteiger partial charge is 0.249 e. The van der Waals surface area contributed by atoms with Crippen LogP contribution in [0.25, 0.3) is 0 Å². The number of amides is 1. The lowest BCUT2D eigenvalue weighted by Gasteiger charge is -2.12. The molecule has 1 saturated heterocycles. The third-order valence-electron chi connectivity index (χ3n) is 3.20. The van der Waals surface area contributed by atoms with E-state index in [0.717, 1.165) is 24.0 Å². The second-order valence-corrected chi connectivity index (χ2v) is 5.23. The monoisotopic (exact) mass is 278 g/mol. The summed E-state index contributed by atoms with van der Waals surface area (Å²) in [7, 11) is 0. The van der Waals surface area contributed by atoms with Crippen molar-refractivity contribution in [3.63, 3.8) is 0 Å². The van der Waals surface area contributed by atoms with Crippen molar-refractivity contribution in [3.05, 3.63) is 35.4 Å². The molecule has 19 heavy (non-hydrogen) atoms. The Hall–Kier alpha value is -1.46. The van der Waals surface area contributed by atoms with Gasteiger partial charge in [-0.3, -0.25) is 4.79 Å². The first-order valence-corrected chi connectivity index (χ1v) is 6.79. The molecule has 1 amide bonds. The molecule has 0 bridgehead atoms. The molecule has 3 N–H and O–H groups in total. The minimum atomic E-state index is -0.311. The maximum Gasteiger partial charge on any atom is 0.249 e. The van der Waals surface area contributed by atoms with Crippen molar-refractivity contribution in [2.24, 2.45) is 5.73 Å². The maximum absolute atomic E-state index is 11.9. The molecule has 1 aliphatic rings. The average molecular weight is 278 g/mol. The summed E-state index contributed by atoms with van der Waals surface area (Å²) in [6, 6.07) is 7.56. The highest BCUT2D eigenvalue weighted by Gasteiger charge is 2.27. The Morgan fingerprint density at radius 3 is 2.95 bits per heavy atom. The van der Waals surface area contributed by atoms with E-state index in [1.165, 1.54) is 0 Å². The van der Waals surface area contributed by atoms with E-state index in [1.807, 2.05) is 31.2 Å². The number of nitrogens with one attached hydrogen (secondary N) is 1. The lowest BCUT2D eigenvalue weighted by atomic mass is 10.1. The van der Waals surface area contributed by atoms with Crippen LogP contribution in [0, 0.1) is 0 Å². The Bertz CT molecular complexity index is 490. The molecule has 0 spiro atoms. The molecular weight excluding hydrogens is 260 g/mol. The zero-order chi connectivity index (χ0) is 13.8. The highest BCUT2D eigenvalue weighted by Crippen LogP contribution is 2.19. The topological polar surface area (TPSA) is 64.4 Å². The van der Waals surface area contributed by atoms with Crippen LogP contribution < -0.4 is 11.1 Å². The Kier molecular flexibility index (Phi) is 4.50. The van der Waals surface area contributed by atoms with Crippen molar-refractivity contribution in [1.29, 1.82) is 0 Å². The fourth-order valence-electron chi connectivity index (χ4n) is 2.13. The number of thiocarbonyl (C=S) groups is 1. The van der Waals surface area contributed by atoms with Gasteiger partial charge in [0.05, 0.1) is 6.10 Å². The van der Waals surface area contributed by atoms with Crippen LogP contribution >= 0.6 is 12.2 Å². The summed E-state index contributed by atoms with van der Waals surface area (Å²) in [5.41, 5.74) is 7.37. The average Bonchev–Trinajstić information content (AvgIpc) is 2.83. The van der Waals surface area contributed by atoms with Crippen LogP contribution in [-0.2, 0) is 16.1 Å². The van der Waals surface area contributed by atoms with Crippen LogP contribution in [0.2, 0.25) is 0 Å². The van der Waals surface area contributed by atoms with Crippen LogP contribution in [0.3, 0.4) is 0 Å². The number of nitrogens with two attached hydrogens (primary N) is 1. The van der Waals surface area contributed by atoms with E-state index in [1.54, 1.807) is 0 Å². The Morgan fingerprint density at radius 1 is 1.53 bits per heavy atom. The molecule has 1 aromatic rings. The molecular formula is C14H18N2O2S. The summed E-state index contributed by atoms with van der Waals surface area (Å²) in [5, 5.41) is 2.88. The van der Waals surface area contributed by atoms with Gasteiger partial charge in [0.15, 0.2) is 0 Å². The third-order valence-corrected chi connectivity index (χ3v) is 3.44. The molecule has 5 heteroatoms. The summed E-state index contributed by atoms with van der Waals surface area (Å²) >= 11 is 4.93. The lowest BCUT2D eigenvalue weighted by Crippen LogP contribution is -2.34. The number of hydrogen-bond acceptors (Lipinski definition) is 3. The van der Waals surface area contributed by atoms with Crippen molar-refractivity contribution < 1.29 is 9.53 Å². The van der Waals surface area contributed by atoms with Gasteiger partial charge in [-0.05, 0) is 31.4 Å². The van der Waals surface area contributed by atoms with Gasteiger partial charge in [-0.1, -0.05) is 30.4 Å². The Balaban J connectivity index is 1.90. The molecule has 2 unspecified atom stereocenters. The van der Waals surface area contributed by atoms with E-state index >= 15 is 0 Å². The molecule has 1 heterocycles. The van der Waals surface area contributed by atoms with Gasteiger partial charge in [-0.2, -0.15) is 0 Å². The van der Waals surface area contributed by atoms with E-state index in [0.29, 0.717) is 11.5 Å². The number of ether oxygens (including phenoxy) is 1. The number of carbonyl (C=O) groups excluding carboxylic acids is 1. The third kappa shape index (κ3) is 3.75. The lowest BCUT2D eigenvalue weighted by molar-refractivity contribution is -0.131. The SMILES string of the molecule is CC1CCC(C(=O)NCc2cccc(C(N)=S)c2)O1. The summed E-state index contributed by atoms with van der Waals surface area (Å²) in [5.74, 6) is -0.0509. The first kappa shape index (κ1) is 14.0. The highest BCUT2D eigenvalue weighted by atomic mass is 32.1. The first-order valence-electron chi connectivity index (χ1n) is 6.38. The molecule has 0 aliphatic carbocycles. The van der Waals surface area contributed by atoms with Crippen molar-refractivity contribution in [1.82, 2.24) is 5.32 Å². The molecule has 102 valence electrons. The molecule has 0 saturated carbocycles. The second-order valence-electron chi connectivity index (χ2n) is 4.80. The molecule has 1 aliphatic heterocycles. The molecule has 2 atom stereocenters. The summed E-state index contributed by atoms with van der Waals surface area (Å²) in [6.07, 6.45) is 1.59. The molecule has 0 aromatic heterocycles. The zero-order valence-electron chi connectivity index (χ0n) is 10.9. The number of hydrogen-bond donors (Lipinski definition) is 2. The van der Waals surface area contributed by atoms with Gasteiger partial charge in [0, 0.05) is 12.1 Å². The van der Waals surface area contributed by atoms with Gasteiger partial charge in [-0.15, -0.1) is 0 Å². The summed E-state index contributed by atoms with van der Waals surface area (Å²) < 4.78 is 5.52. The molecule has 0 radical (unpaired) electrons. The fraction of sp³-hybridized carbons (Fsp3) is 0.429. The van der Waals surface area contributed by atoms with E-state index in [4.69, 9.17) is 22.7 Å². The van der Waals surface area contributed by atoms with Crippen LogP contribution in [0.1, 0.15) is 30.9 Å².